The fourth-order valence-electron chi connectivity index (χ4n) is 4.19. The molecule has 6 nitrogen and oxygen atoms in total. The van der Waals surface area contributed by atoms with Crippen LogP contribution in [0.1, 0.15) is 31.2 Å². The Balaban J connectivity index is 1.15. The maximum Gasteiger partial charge on any atom is 0.242 e. The summed E-state index contributed by atoms with van der Waals surface area (Å²) in [5, 5.41) is 0. The molecule has 2 aliphatic rings. The zero-order chi connectivity index (χ0) is 19.2. The van der Waals surface area contributed by atoms with Gasteiger partial charge in [-0.05, 0) is 31.2 Å². The molecule has 0 bridgehead atoms. The average molecular weight is 383 g/mol. The third-order valence-corrected chi connectivity index (χ3v) is 5.84. The van der Waals surface area contributed by atoms with E-state index < -0.39 is 0 Å². The van der Waals surface area contributed by atoms with Crippen molar-refractivity contribution < 1.29 is 9.53 Å². The van der Waals surface area contributed by atoms with E-state index in [2.05, 4.69) is 40.2 Å². The molecule has 0 saturated carbocycles. The number of carbonyl (C=O) groups is 1. The summed E-state index contributed by atoms with van der Waals surface area (Å²) < 4.78 is 8.21. The molecule has 0 spiro atoms. The number of ether oxygens (including phenoxy) is 1. The quantitative estimate of drug-likeness (QED) is 0.771. The van der Waals surface area contributed by atoms with Crippen molar-refractivity contribution >= 4 is 5.91 Å². The number of nitrogens with zero attached hydrogens (tertiary/aromatic N) is 4. The zero-order valence-electron chi connectivity index (χ0n) is 16.4. The Labute approximate surface area is 167 Å². The van der Waals surface area contributed by atoms with E-state index in [0.717, 1.165) is 58.4 Å². The molecule has 150 valence electrons. The summed E-state index contributed by atoms with van der Waals surface area (Å²) in [7, 11) is 0. The molecule has 0 radical (unpaired) electrons. The maximum absolute atomic E-state index is 12.4. The lowest BCUT2D eigenvalue weighted by Gasteiger charge is -2.37. The van der Waals surface area contributed by atoms with Crippen LogP contribution >= 0.6 is 0 Å². The highest BCUT2D eigenvalue weighted by Gasteiger charge is 2.27. The Kier molecular flexibility index (Phi) is 6.39. The summed E-state index contributed by atoms with van der Waals surface area (Å²) in [5.74, 6) is 0.172. The van der Waals surface area contributed by atoms with Crippen molar-refractivity contribution in [3.05, 3.63) is 54.6 Å². The van der Waals surface area contributed by atoms with Crippen molar-refractivity contribution in [3.63, 3.8) is 0 Å². The van der Waals surface area contributed by atoms with Crippen molar-refractivity contribution in [2.45, 2.75) is 51.0 Å². The normalized spacial score (nSPS) is 19.8. The van der Waals surface area contributed by atoms with Gasteiger partial charge in [0.2, 0.25) is 5.91 Å². The predicted molar refractivity (Wildman–Crippen MR) is 108 cm³/mol. The van der Waals surface area contributed by atoms with E-state index in [0.29, 0.717) is 18.8 Å². The Morgan fingerprint density at radius 1 is 1.00 bits per heavy atom. The monoisotopic (exact) mass is 382 g/mol. The van der Waals surface area contributed by atoms with Gasteiger partial charge in [0.15, 0.2) is 0 Å². The van der Waals surface area contributed by atoms with Crippen LogP contribution in [0.5, 0.6) is 0 Å². The summed E-state index contributed by atoms with van der Waals surface area (Å²) in [5.41, 5.74) is 1.38. The maximum atomic E-state index is 12.4. The molecule has 0 aliphatic carbocycles. The smallest absolute Gasteiger partial charge is 0.242 e. The number of aromatic nitrogens is 2. The van der Waals surface area contributed by atoms with Gasteiger partial charge in [-0.3, -0.25) is 9.69 Å². The van der Waals surface area contributed by atoms with Gasteiger partial charge >= 0.3 is 0 Å². The van der Waals surface area contributed by atoms with Crippen molar-refractivity contribution in [2.24, 2.45) is 0 Å². The van der Waals surface area contributed by atoms with Gasteiger partial charge in [0, 0.05) is 45.1 Å². The Hall–Kier alpha value is -2.18. The van der Waals surface area contributed by atoms with Crippen LogP contribution in [-0.2, 0) is 22.6 Å². The molecule has 0 unspecified atom stereocenters. The Morgan fingerprint density at radius 2 is 1.68 bits per heavy atom. The lowest BCUT2D eigenvalue weighted by molar-refractivity contribution is -0.135. The molecule has 2 saturated heterocycles. The second-order valence-electron chi connectivity index (χ2n) is 7.91. The first kappa shape index (κ1) is 19.2. The third kappa shape index (κ3) is 5.20. The molecule has 6 heteroatoms. The largest absolute Gasteiger partial charge is 0.375 e. The van der Waals surface area contributed by atoms with Gasteiger partial charge in [-0.2, -0.15) is 0 Å². The van der Waals surface area contributed by atoms with Gasteiger partial charge in [0.25, 0.3) is 0 Å². The number of benzene rings is 1. The SMILES string of the molecule is O=C(Cn1ccnc1)N1CCC(OC2CCN(Cc3ccccc3)CC2)CC1. The molecule has 4 rings (SSSR count). The molecule has 2 fully saturated rings. The standard InChI is InChI=1S/C22H30N4O2/c27-22(17-25-15-10-23-18-25)26-13-8-21(9-14-26)28-20-6-11-24(12-7-20)16-19-4-2-1-3-5-19/h1-5,10,15,18,20-21H,6-9,11-14,16-17H2. The lowest BCUT2D eigenvalue weighted by atomic mass is 10.0. The number of piperidine rings is 2. The molecule has 28 heavy (non-hydrogen) atoms. The Bertz CT molecular complexity index is 718. The number of hydrogen-bond acceptors (Lipinski definition) is 4. The molecule has 0 atom stereocenters. The third-order valence-electron chi connectivity index (χ3n) is 5.84. The fraction of sp³-hybridized carbons (Fsp3) is 0.545. The first-order chi connectivity index (χ1) is 13.8. The zero-order valence-corrected chi connectivity index (χ0v) is 16.4. The highest BCUT2D eigenvalue weighted by molar-refractivity contribution is 5.76. The van der Waals surface area contributed by atoms with E-state index in [9.17, 15) is 4.79 Å². The minimum absolute atomic E-state index is 0.172. The first-order valence-corrected chi connectivity index (χ1v) is 10.4. The molecule has 3 heterocycles. The predicted octanol–water partition coefficient (Wildman–Crippen LogP) is 2.56. The topological polar surface area (TPSA) is 50.6 Å². The summed E-state index contributed by atoms with van der Waals surface area (Å²) in [6.45, 7) is 5.20. The molecule has 2 aromatic rings. The van der Waals surface area contributed by atoms with Gasteiger partial charge in [-0.25, -0.2) is 4.98 Å². The molecule has 2 aliphatic heterocycles. The van der Waals surface area contributed by atoms with E-state index in [4.69, 9.17) is 4.74 Å². The van der Waals surface area contributed by atoms with Crippen LogP contribution in [0.25, 0.3) is 0 Å². The van der Waals surface area contributed by atoms with Gasteiger partial charge in [0.05, 0.1) is 18.5 Å². The van der Waals surface area contributed by atoms with Crippen LogP contribution in [0.2, 0.25) is 0 Å². The minimum Gasteiger partial charge on any atom is -0.375 e. The number of carbonyl (C=O) groups excluding carboxylic acids is 1. The average Bonchev–Trinajstić information content (AvgIpc) is 3.24. The van der Waals surface area contributed by atoms with Crippen LogP contribution < -0.4 is 0 Å². The van der Waals surface area contributed by atoms with E-state index >= 15 is 0 Å². The summed E-state index contributed by atoms with van der Waals surface area (Å²) in [6, 6.07) is 10.7. The van der Waals surface area contributed by atoms with Crippen molar-refractivity contribution in [3.8, 4) is 0 Å². The number of amides is 1. The second kappa shape index (κ2) is 9.34. The van der Waals surface area contributed by atoms with E-state index in [1.54, 1.807) is 12.5 Å². The number of likely N-dealkylation sites (tertiary alicyclic amines) is 2. The highest BCUT2D eigenvalue weighted by atomic mass is 16.5. The summed E-state index contributed by atoms with van der Waals surface area (Å²) >= 11 is 0. The first-order valence-electron chi connectivity index (χ1n) is 10.4. The summed E-state index contributed by atoms with van der Waals surface area (Å²) in [6.07, 6.45) is 9.99. The Morgan fingerprint density at radius 3 is 2.32 bits per heavy atom. The molecule has 1 aromatic heterocycles. The molecular formula is C22H30N4O2. The van der Waals surface area contributed by atoms with Gasteiger partial charge in [-0.15, -0.1) is 0 Å². The van der Waals surface area contributed by atoms with Gasteiger partial charge < -0.3 is 14.2 Å². The second-order valence-corrected chi connectivity index (χ2v) is 7.91. The fourth-order valence-corrected chi connectivity index (χ4v) is 4.19. The van der Waals surface area contributed by atoms with Crippen LogP contribution in [0.15, 0.2) is 49.1 Å². The number of imidazole rings is 1. The molecular weight excluding hydrogens is 352 g/mol. The number of hydrogen-bond donors (Lipinski definition) is 0. The van der Waals surface area contributed by atoms with Crippen molar-refractivity contribution in [2.75, 3.05) is 26.2 Å². The van der Waals surface area contributed by atoms with Gasteiger partial charge in [-0.1, -0.05) is 30.3 Å². The summed E-state index contributed by atoms with van der Waals surface area (Å²) in [4.78, 5) is 20.9. The highest BCUT2D eigenvalue weighted by Crippen LogP contribution is 2.22. The van der Waals surface area contributed by atoms with Crippen molar-refractivity contribution in [1.29, 1.82) is 0 Å². The van der Waals surface area contributed by atoms with Crippen LogP contribution in [0, 0.1) is 0 Å². The van der Waals surface area contributed by atoms with Gasteiger partial charge in [0.1, 0.15) is 6.54 Å². The number of rotatable bonds is 6. The van der Waals surface area contributed by atoms with E-state index in [1.165, 1.54) is 5.56 Å². The molecule has 1 aromatic carbocycles. The molecule has 1 amide bonds. The van der Waals surface area contributed by atoms with Crippen LogP contribution in [-0.4, -0.2) is 63.6 Å². The van der Waals surface area contributed by atoms with Crippen LogP contribution in [0.4, 0.5) is 0 Å². The van der Waals surface area contributed by atoms with E-state index in [1.807, 2.05) is 15.7 Å². The minimum atomic E-state index is 0.172. The molecule has 0 N–H and O–H groups in total. The van der Waals surface area contributed by atoms with E-state index in [-0.39, 0.29) is 5.91 Å². The van der Waals surface area contributed by atoms with Crippen molar-refractivity contribution in [1.82, 2.24) is 19.4 Å². The van der Waals surface area contributed by atoms with Crippen LogP contribution in [0.3, 0.4) is 0 Å². The lowest BCUT2D eigenvalue weighted by Crippen LogP contribution is -2.44.